The molecule has 1 aliphatic rings. The van der Waals surface area contributed by atoms with E-state index in [-0.39, 0.29) is 17.5 Å². The summed E-state index contributed by atoms with van der Waals surface area (Å²) in [6.45, 7) is 1.97. The van der Waals surface area contributed by atoms with E-state index in [2.05, 4.69) is 9.97 Å². The fourth-order valence-corrected chi connectivity index (χ4v) is 4.40. The summed E-state index contributed by atoms with van der Waals surface area (Å²) in [7, 11) is -2.87. The van der Waals surface area contributed by atoms with Crippen molar-refractivity contribution in [3.63, 3.8) is 0 Å². The maximum Gasteiger partial charge on any atom is 0.160 e. The molecule has 7 heteroatoms. The molecule has 20 heavy (non-hydrogen) atoms. The SMILES string of the molecule is Cc1cnc2c(c1)nc(CCl)n2C1CCS(=O)(=O)CC1. The summed E-state index contributed by atoms with van der Waals surface area (Å²) in [5, 5.41) is 0. The number of aryl methyl sites for hydroxylation is 1. The lowest BCUT2D eigenvalue weighted by atomic mass is 10.1. The van der Waals surface area contributed by atoms with E-state index in [0.717, 1.165) is 22.6 Å². The maximum absolute atomic E-state index is 11.6. The van der Waals surface area contributed by atoms with Crippen molar-refractivity contribution in [1.29, 1.82) is 0 Å². The van der Waals surface area contributed by atoms with Crippen LogP contribution < -0.4 is 0 Å². The van der Waals surface area contributed by atoms with Gasteiger partial charge >= 0.3 is 0 Å². The predicted octanol–water partition coefficient (Wildman–Crippen LogP) is 2.23. The first-order valence-electron chi connectivity index (χ1n) is 6.60. The first-order valence-corrected chi connectivity index (χ1v) is 8.95. The second-order valence-electron chi connectivity index (χ2n) is 5.27. The largest absolute Gasteiger partial charge is 0.309 e. The van der Waals surface area contributed by atoms with Gasteiger partial charge in [-0.25, -0.2) is 18.4 Å². The normalized spacial score (nSPS) is 19.5. The zero-order valence-corrected chi connectivity index (χ0v) is 12.8. The van der Waals surface area contributed by atoms with Gasteiger partial charge in [-0.3, -0.25) is 0 Å². The van der Waals surface area contributed by atoms with Crippen LogP contribution in [-0.4, -0.2) is 34.5 Å². The molecule has 5 nitrogen and oxygen atoms in total. The fraction of sp³-hybridized carbons (Fsp3) is 0.538. The Morgan fingerprint density at radius 1 is 1.40 bits per heavy atom. The van der Waals surface area contributed by atoms with E-state index in [1.165, 1.54) is 0 Å². The van der Waals surface area contributed by atoms with Crippen molar-refractivity contribution >= 4 is 32.6 Å². The second-order valence-corrected chi connectivity index (χ2v) is 7.84. The number of hydrogen-bond acceptors (Lipinski definition) is 4. The van der Waals surface area contributed by atoms with Crippen molar-refractivity contribution in [2.24, 2.45) is 0 Å². The summed E-state index contributed by atoms with van der Waals surface area (Å²) in [5.41, 5.74) is 2.68. The summed E-state index contributed by atoms with van der Waals surface area (Å²) >= 11 is 5.99. The Morgan fingerprint density at radius 2 is 2.10 bits per heavy atom. The van der Waals surface area contributed by atoms with E-state index in [0.29, 0.717) is 18.7 Å². The maximum atomic E-state index is 11.6. The zero-order valence-electron chi connectivity index (χ0n) is 11.2. The number of alkyl halides is 1. The van der Waals surface area contributed by atoms with Crippen molar-refractivity contribution in [3.8, 4) is 0 Å². The highest BCUT2D eigenvalue weighted by molar-refractivity contribution is 7.91. The number of fused-ring (bicyclic) bond motifs is 1. The number of rotatable bonds is 2. The Bertz CT molecular complexity index is 740. The topological polar surface area (TPSA) is 64.8 Å². The number of pyridine rings is 1. The smallest absolute Gasteiger partial charge is 0.160 e. The van der Waals surface area contributed by atoms with Gasteiger partial charge in [0, 0.05) is 12.2 Å². The molecule has 0 saturated carbocycles. The molecule has 0 aliphatic carbocycles. The standard InChI is InChI=1S/C13H16ClN3O2S/c1-9-6-11-13(15-8-9)17(12(7-14)16-11)10-2-4-20(18,19)5-3-10/h6,8,10H,2-5,7H2,1H3. The third kappa shape index (κ3) is 2.42. The highest BCUT2D eigenvalue weighted by atomic mass is 35.5. The van der Waals surface area contributed by atoms with Gasteiger partial charge < -0.3 is 4.57 Å². The van der Waals surface area contributed by atoms with E-state index in [4.69, 9.17) is 11.6 Å². The monoisotopic (exact) mass is 313 g/mol. The number of aromatic nitrogens is 3. The molecular formula is C13H16ClN3O2S. The third-order valence-corrected chi connectivity index (χ3v) is 5.70. The molecule has 0 unspecified atom stereocenters. The van der Waals surface area contributed by atoms with Crippen LogP contribution in [0.5, 0.6) is 0 Å². The van der Waals surface area contributed by atoms with E-state index in [1.54, 1.807) is 6.20 Å². The Morgan fingerprint density at radius 3 is 2.75 bits per heavy atom. The minimum Gasteiger partial charge on any atom is -0.309 e. The van der Waals surface area contributed by atoms with Crippen LogP contribution in [0.3, 0.4) is 0 Å². The summed E-state index contributed by atoms with van der Waals surface area (Å²) in [4.78, 5) is 8.98. The first-order chi connectivity index (χ1) is 9.50. The average molecular weight is 314 g/mol. The molecule has 0 N–H and O–H groups in total. The molecule has 0 atom stereocenters. The molecule has 1 aliphatic heterocycles. The summed E-state index contributed by atoms with van der Waals surface area (Å²) in [5.74, 6) is 1.53. The van der Waals surface area contributed by atoms with E-state index in [1.807, 2.05) is 17.6 Å². The van der Waals surface area contributed by atoms with Gasteiger partial charge in [0.05, 0.1) is 17.4 Å². The molecule has 1 saturated heterocycles. The number of halogens is 1. The lowest BCUT2D eigenvalue weighted by Crippen LogP contribution is -2.26. The van der Waals surface area contributed by atoms with Crippen molar-refractivity contribution in [2.75, 3.05) is 11.5 Å². The molecule has 3 heterocycles. The molecular weight excluding hydrogens is 298 g/mol. The molecule has 1 fully saturated rings. The third-order valence-electron chi connectivity index (χ3n) is 3.75. The van der Waals surface area contributed by atoms with Gasteiger partial charge in [0.25, 0.3) is 0 Å². The second kappa shape index (κ2) is 5.00. The highest BCUT2D eigenvalue weighted by Gasteiger charge is 2.27. The molecule has 108 valence electrons. The number of hydrogen-bond donors (Lipinski definition) is 0. The van der Waals surface area contributed by atoms with Crippen molar-refractivity contribution in [1.82, 2.24) is 14.5 Å². The van der Waals surface area contributed by atoms with Gasteiger partial charge in [-0.15, -0.1) is 11.6 Å². The van der Waals surface area contributed by atoms with Crippen LogP contribution >= 0.6 is 11.6 Å². The number of sulfone groups is 1. The molecule has 3 rings (SSSR count). The minimum absolute atomic E-state index is 0.118. The molecule has 2 aromatic heterocycles. The van der Waals surface area contributed by atoms with Crippen LogP contribution in [0.1, 0.15) is 30.3 Å². The lowest BCUT2D eigenvalue weighted by Gasteiger charge is -2.24. The molecule has 2 aromatic rings. The Labute approximate surface area is 122 Å². The number of imidazole rings is 1. The van der Waals surface area contributed by atoms with E-state index in [9.17, 15) is 8.42 Å². The highest BCUT2D eigenvalue weighted by Crippen LogP contribution is 2.29. The Balaban J connectivity index is 2.06. The summed E-state index contributed by atoms with van der Waals surface area (Å²) < 4.78 is 25.1. The number of nitrogens with zero attached hydrogens (tertiary/aromatic N) is 3. The minimum atomic E-state index is -2.87. The van der Waals surface area contributed by atoms with Crippen LogP contribution in [0.4, 0.5) is 0 Å². The molecule has 0 amide bonds. The van der Waals surface area contributed by atoms with Gasteiger partial charge in [-0.05, 0) is 31.4 Å². The summed E-state index contributed by atoms with van der Waals surface area (Å²) in [6, 6.07) is 2.10. The Hall–Kier alpha value is -1.14. The van der Waals surface area contributed by atoms with Crippen molar-refractivity contribution < 1.29 is 8.42 Å². The van der Waals surface area contributed by atoms with E-state index >= 15 is 0 Å². The lowest BCUT2D eigenvalue weighted by molar-refractivity contribution is 0.448. The van der Waals surface area contributed by atoms with Gasteiger partial charge in [0.15, 0.2) is 5.65 Å². The molecule has 0 spiro atoms. The Kier molecular flexibility index (Phi) is 3.46. The van der Waals surface area contributed by atoms with Gasteiger partial charge in [-0.1, -0.05) is 0 Å². The van der Waals surface area contributed by atoms with E-state index < -0.39 is 9.84 Å². The van der Waals surface area contributed by atoms with Gasteiger partial charge in [-0.2, -0.15) is 0 Å². The van der Waals surface area contributed by atoms with Crippen LogP contribution in [-0.2, 0) is 15.7 Å². The van der Waals surface area contributed by atoms with Gasteiger partial charge in [0.2, 0.25) is 0 Å². The van der Waals surface area contributed by atoms with Crippen LogP contribution in [0.15, 0.2) is 12.3 Å². The first kappa shape index (κ1) is 13.8. The van der Waals surface area contributed by atoms with Crippen LogP contribution in [0.25, 0.3) is 11.2 Å². The van der Waals surface area contributed by atoms with Crippen molar-refractivity contribution in [2.45, 2.75) is 31.7 Å². The zero-order chi connectivity index (χ0) is 14.3. The van der Waals surface area contributed by atoms with Crippen molar-refractivity contribution in [3.05, 3.63) is 23.7 Å². The van der Waals surface area contributed by atoms with Crippen LogP contribution in [0.2, 0.25) is 0 Å². The molecule has 0 radical (unpaired) electrons. The predicted molar refractivity (Wildman–Crippen MR) is 78.7 cm³/mol. The fourth-order valence-electron chi connectivity index (χ4n) is 2.74. The average Bonchev–Trinajstić information content (AvgIpc) is 2.76. The van der Waals surface area contributed by atoms with Gasteiger partial charge in [0.1, 0.15) is 21.2 Å². The quantitative estimate of drug-likeness (QED) is 0.798. The summed E-state index contributed by atoms with van der Waals surface area (Å²) in [6.07, 6.45) is 3.01. The molecule has 0 aromatic carbocycles. The molecule has 0 bridgehead atoms. The van der Waals surface area contributed by atoms with Crippen LogP contribution in [0, 0.1) is 6.92 Å².